The highest BCUT2D eigenvalue weighted by molar-refractivity contribution is 7.99. The molecule has 1 aliphatic heterocycles. The average molecular weight is 498 g/mol. The number of nitrogens with one attached hydrogen (secondary N) is 1. The molecule has 0 aliphatic carbocycles. The first kappa shape index (κ1) is 24.0. The van der Waals surface area contributed by atoms with Crippen molar-refractivity contribution in [2.45, 2.75) is 43.0 Å². The quantitative estimate of drug-likeness (QED) is 0.288. The summed E-state index contributed by atoms with van der Waals surface area (Å²) in [5.74, 6) is 0.0526. The molecule has 2 heterocycles. The molecule has 0 radical (unpaired) electrons. The molecule has 5 rings (SSSR count). The zero-order valence-corrected chi connectivity index (χ0v) is 20.6. The van der Waals surface area contributed by atoms with Crippen molar-refractivity contribution in [3.63, 3.8) is 0 Å². The Balaban J connectivity index is 1.42. The van der Waals surface area contributed by atoms with Gasteiger partial charge in [-0.15, -0.1) is 11.8 Å². The third-order valence-corrected chi connectivity index (χ3v) is 7.49. The molecule has 36 heavy (non-hydrogen) atoms. The van der Waals surface area contributed by atoms with Gasteiger partial charge < -0.3 is 10.4 Å². The van der Waals surface area contributed by atoms with Crippen LogP contribution in [0.4, 0.5) is 0 Å². The minimum Gasteiger partial charge on any atom is -0.481 e. The van der Waals surface area contributed by atoms with Crippen LogP contribution >= 0.6 is 11.8 Å². The van der Waals surface area contributed by atoms with Crippen molar-refractivity contribution >= 4 is 34.7 Å². The molecule has 1 aliphatic rings. The Kier molecular flexibility index (Phi) is 7.28. The molecule has 0 fully saturated rings. The van der Waals surface area contributed by atoms with Crippen LogP contribution in [0.25, 0.3) is 22.3 Å². The molecule has 3 aromatic carbocycles. The second-order valence-corrected chi connectivity index (χ2v) is 10.0. The van der Waals surface area contributed by atoms with E-state index in [1.165, 1.54) is 10.5 Å². The van der Waals surface area contributed by atoms with E-state index in [9.17, 15) is 9.59 Å². The van der Waals surface area contributed by atoms with E-state index in [0.29, 0.717) is 30.3 Å². The van der Waals surface area contributed by atoms with Crippen LogP contribution in [0.3, 0.4) is 0 Å². The summed E-state index contributed by atoms with van der Waals surface area (Å²) in [6.07, 6.45) is 2.92. The summed E-state index contributed by atoms with van der Waals surface area (Å²) in [7, 11) is 0. The Morgan fingerprint density at radius 3 is 2.58 bits per heavy atom. The molecule has 4 aromatic rings. The van der Waals surface area contributed by atoms with Crippen molar-refractivity contribution in [2.75, 3.05) is 5.75 Å². The number of benzene rings is 3. The lowest BCUT2D eigenvalue weighted by Crippen LogP contribution is -2.30. The number of aryl methyl sites for hydroxylation is 1. The van der Waals surface area contributed by atoms with Gasteiger partial charge in [0.1, 0.15) is 0 Å². The Bertz CT molecular complexity index is 1410. The first-order chi connectivity index (χ1) is 17.6. The van der Waals surface area contributed by atoms with Crippen molar-refractivity contribution in [1.82, 2.24) is 15.3 Å². The zero-order chi connectivity index (χ0) is 24.9. The number of thioether (sulfide) groups is 1. The maximum atomic E-state index is 13.2. The molecule has 0 bridgehead atoms. The smallest absolute Gasteiger partial charge is 0.303 e. The van der Waals surface area contributed by atoms with E-state index in [0.717, 1.165) is 34.6 Å². The van der Waals surface area contributed by atoms with E-state index in [-0.39, 0.29) is 18.4 Å². The molecule has 1 atom stereocenters. The zero-order valence-electron chi connectivity index (χ0n) is 19.8. The molecule has 0 saturated carbocycles. The third-order valence-electron chi connectivity index (χ3n) is 6.36. The number of aliphatic carboxylic acids is 1. The molecule has 2 N–H and O–H groups in total. The maximum absolute atomic E-state index is 13.2. The molecular formula is C29H27N3O3S. The van der Waals surface area contributed by atoms with Gasteiger partial charge in [0.05, 0.1) is 28.5 Å². The van der Waals surface area contributed by atoms with Crippen LogP contribution < -0.4 is 5.32 Å². The maximum Gasteiger partial charge on any atom is 0.303 e. The lowest BCUT2D eigenvalue weighted by Gasteiger charge is -2.26. The van der Waals surface area contributed by atoms with Gasteiger partial charge in [-0.25, -0.2) is 9.97 Å². The minimum absolute atomic E-state index is 0.0121. The van der Waals surface area contributed by atoms with Gasteiger partial charge in [0.15, 0.2) is 0 Å². The third kappa shape index (κ3) is 5.41. The molecule has 0 spiro atoms. The van der Waals surface area contributed by atoms with Crippen LogP contribution in [-0.2, 0) is 11.2 Å². The number of hydrogen-bond donors (Lipinski definition) is 2. The van der Waals surface area contributed by atoms with Gasteiger partial charge in [-0.05, 0) is 55.5 Å². The van der Waals surface area contributed by atoms with Crippen LogP contribution in [-0.4, -0.2) is 32.7 Å². The Hall–Kier alpha value is -3.71. The van der Waals surface area contributed by atoms with E-state index in [2.05, 4.69) is 17.4 Å². The van der Waals surface area contributed by atoms with E-state index in [1.807, 2.05) is 60.3 Å². The summed E-state index contributed by atoms with van der Waals surface area (Å²) in [6, 6.07) is 23.6. The van der Waals surface area contributed by atoms with Gasteiger partial charge in [-0.1, -0.05) is 48.5 Å². The van der Waals surface area contributed by atoms with E-state index in [1.54, 1.807) is 12.1 Å². The van der Waals surface area contributed by atoms with Crippen LogP contribution in [0.15, 0.2) is 77.7 Å². The van der Waals surface area contributed by atoms with Crippen LogP contribution in [0, 0.1) is 0 Å². The summed E-state index contributed by atoms with van der Waals surface area (Å²) in [5.41, 5.74) is 5.68. The van der Waals surface area contributed by atoms with Gasteiger partial charge in [0.2, 0.25) is 0 Å². The molecular weight excluding hydrogens is 470 g/mol. The number of nitrogens with zero attached hydrogens (tertiary/aromatic N) is 2. The lowest BCUT2D eigenvalue weighted by molar-refractivity contribution is -0.137. The Morgan fingerprint density at radius 2 is 1.75 bits per heavy atom. The summed E-state index contributed by atoms with van der Waals surface area (Å²) < 4.78 is 0. The Labute approximate surface area is 214 Å². The summed E-state index contributed by atoms with van der Waals surface area (Å²) >= 11 is 1.83. The molecule has 0 unspecified atom stereocenters. The summed E-state index contributed by atoms with van der Waals surface area (Å²) in [4.78, 5) is 35.1. The lowest BCUT2D eigenvalue weighted by atomic mass is 10.0. The minimum atomic E-state index is -0.794. The van der Waals surface area contributed by atoms with Crippen molar-refractivity contribution in [2.24, 2.45) is 0 Å². The number of carbonyl (C=O) groups is 2. The molecule has 1 aromatic heterocycles. The van der Waals surface area contributed by atoms with Crippen molar-refractivity contribution in [3.05, 3.63) is 89.6 Å². The molecule has 7 heteroatoms. The summed E-state index contributed by atoms with van der Waals surface area (Å²) in [6.45, 7) is 0. The standard InChI is InChI=1S/C29H27N3O3S/c33-27(34)13-7-5-11-24-28(19-8-2-1-3-9-19)31-23-15-14-20(18-25(23)30-24)29(35)32-22-16-17-36-26-12-6-4-10-21(22)26/h1-4,6,8-10,12,14-15,18,22H,5,7,11,13,16-17H2,(H,32,35)(H,33,34)/t22-/m1/s1. The predicted octanol–water partition coefficient (Wildman–Crippen LogP) is 6.06. The van der Waals surface area contributed by atoms with Crippen LogP contribution in [0.2, 0.25) is 0 Å². The first-order valence-electron chi connectivity index (χ1n) is 12.2. The highest BCUT2D eigenvalue weighted by Gasteiger charge is 2.23. The number of amides is 1. The number of carboxylic acids is 1. The number of rotatable bonds is 8. The molecule has 0 saturated heterocycles. The molecule has 1 amide bonds. The predicted molar refractivity (Wildman–Crippen MR) is 142 cm³/mol. The fourth-order valence-electron chi connectivity index (χ4n) is 4.54. The van der Waals surface area contributed by atoms with E-state index >= 15 is 0 Å². The fraction of sp³-hybridized carbons (Fsp3) is 0.241. The molecule has 182 valence electrons. The van der Waals surface area contributed by atoms with E-state index < -0.39 is 5.97 Å². The topological polar surface area (TPSA) is 92.2 Å². The van der Waals surface area contributed by atoms with Gasteiger partial charge in [-0.3, -0.25) is 9.59 Å². The van der Waals surface area contributed by atoms with Gasteiger partial charge in [0, 0.05) is 28.2 Å². The van der Waals surface area contributed by atoms with Crippen LogP contribution in [0.5, 0.6) is 0 Å². The number of aromatic nitrogens is 2. The number of unbranched alkanes of at least 4 members (excludes halogenated alkanes) is 1. The number of hydrogen-bond acceptors (Lipinski definition) is 5. The second kappa shape index (κ2) is 10.9. The summed E-state index contributed by atoms with van der Waals surface area (Å²) in [5, 5.41) is 12.2. The number of fused-ring (bicyclic) bond motifs is 2. The fourth-order valence-corrected chi connectivity index (χ4v) is 5.66. The number of carbonyl (C=O) groups excluding carboxylic acids is 1. The van der Waals surface area contributed by atoms with Crippen molar-refractivity contribution in [1.29, 1.82) is 0 Å². The second-order valence-electron chi connectivity index (χ2n) is 8.89. The van der Waals surface area contributed by atoms with E-state index in [4.69, 9.17) is 15.1 Å². The number of carboxylic acid groups (broad SMARTS) is 1. The first-order valence-corrected chi connectivity index (χ1v) is 13.2. The van der Waals surface area contributed by atoms with Crippen molar-refractivity contribution < 1.29 is 14.7 Å². The van der Waals surface area contributed by atoms with Crippen LogP contribution in [0.1, 0.15) is 53.3 Å². The van der Waals surface area contributed by atoms with Crippen molar-refractivity contribution in [3.8, 4) is 11.3 Å². The largest absolute Gasteiger partial charge is 0.481 e. The molecule has 6 nitrogen and oxygen atoms in total. The highest BCUT2D eigenvalue weighted by atomic mass is 32.2. The van der Waals surface area contributed by atoms with Gasteiger partial charge in [-0.2, -0.15) is 0 Å². The highest BCUT2D eigenvalue weighted by Crippen LogP contribution is 2.36. The normalized spacial score (nSPS) is 14.8. The van der Waals surface area contributed by atoms with Gasteiger partial charge >= 0.3 is 5.97 Å². The average Bonchev–Trinajstić information content (AvgIpc) is 2.91. The SMILES string of the molecule is O=C(O)CCCCc1nc2cc(C(=O)N[C@@H]3CCSc4ccccc43)ccc2nc1-c1ccccc1. The monoisotopic (exact) mass is 497 g/mol. The Morgan fingerprint density at radius 1 is 0.944 bits per heavy atom. The van der Waals surface area contributed by atoms with Gasteiger partial charge in [0.25, 0.3) is 5.91 Å².